The molecule has 0 saturated carbocycles. The maximum absolute atomic E-state index is 14.2. The molecule has 2 fully saturated rings. The topological polar surface area (TPSA) is 203 Å². The molecule has 3 aromatic rings. The number of thiazole rings is 1. The van der Waals surface area contributed by atoms with Crippen LogP contribution in [-0.4, -0.2) is 101 Å². The highest BCUT2D eigenvalue weighted by Gasteiger charge is 2.63. The number of carbonyl (C=O) groups excluding carboxylic acids is 3. The Balaban J connectivity index is 0.000000212. The summed E-state index contributed by atoms with van der Waals surface area (Å²) in [4.78, 5) is 59.2. The van der Waals surface area contributed by atoms with Crippen LogP contribution in [0.3, 0.4) is 0 Å². The molecule has 0 unspecified atom stereocenters. The lowest BCUT2D eigenvalue weighted by atomic mass is 9.79. The predicted octanol–water partition coefficient (Wildman–Crippen LogP) is 9.11. The summed E-state index contributed by atoms with van der Waals surface area (Å²) in [6.45, 7) is 22.2. The SMILES string of the molecule is C=CCOC(=O)C1=C(OP(=O)(Oc2ccccc2)Oc2ccccc2)[C@H](C)[C@@H]2[C@@H]([C@@H](C)O[Si](C)(C)C)C(=O)N12.CC(C)C[C@H]1C=C(c2csc(SC3=C(C(=O)O)N4C(=O)[C@H]([C@@H](C)O)[C@H]4[C@H]3C)n2)CCN1. The second kappa shape index (κ2) is 21.8. The Bertz CT molecular complexity index is 2550. The van der Waals surface area contributed by atoms with Crippen molar-refractivity contribution in [3.63, 3.8) is 0 Å². The van der Waals surface area contributed by atoms with Crippen LogP contribution in [0.4, 0.5) is 0 Å². The minimum Gasteiger partial charge on any atom is -0.477 e. The van der Waals surface area contributed by atoms with E-state index >= 15 is 0 Å². The van der Waals surface area contributed by atoms with E-state index in [0.717, 1.165) is 29.4 Å². The Kier molecular flexibility index (Phi) is 16.4. The summed E-state index contributed by atoms with van der Waals surface area (Å²) in [7, 11) is -6.38. The number of amides is 2. The van der Waals surface area contributed by atoms with Crippen LogP contribution in [-0.2, 0) is 37.4 Å². The van der Waals surface area contributed by atoms with Crippen molar-refractivity contribution in [1.82, 2.24) is 20.1 Å². The summed E-state index contributed by atoms with van der Waals surface area (Å²) in [6, 6.07) is 16.5. The van der Waals surface area contributed by atoms with E-state index < -0.39 is 58.0 Å². The van der Waals surface area contributed by atoms with E-state index in [1.165, 1.54) is 44.5 Å². The van der Waals surface area contributed by atoms with Crippen molar-refractivity contribution >= 4 is 68.6 Å². The lowest BCUT2D eigenvalue weighted by molar-refractivity contribution is -0.163. The number of rotatable bonds is 19. The molecule has 5 aliphatic rings. The summed E-state index contributed by atoms with van der Waals surface area (Å²) in [5.74, 6) is -3.15. The number of carboxylic acids is 1. The highest BCUT2D eigenvalue weighted by molar-refractivity contribution is 8.04. The Morgan fingerprint density at radius 1 is 0.929 bits per heavy atom. The number of benzene rings is 2. The minimum atomic E-state index is -4.42. The normalized spacial score (nSPS) is 24.9. The van der Waals surface area contributed by atoms with Crippen molar-refractivity contribution in [2.75, 3.05) is 13.2 Å². The van der Waals surface area contributed by atoms with Crippen molar-refractivity contribution < 1.29 is 56.7 Å². The van der Waals surface area contributed by atoms with Gasteiger partial charge in [0.15, 0.2) is 18.4 Å². The van der Waals surface area contributed by atoms with Gasteiger partial charge in [0.2, 0.25) is 11.8 Å². The molecule has 2 saturated heterocycles. The van der Waals surface area contributed by atoms with E-state index in [4.69, 9.17) is 27.7 Å². The van der Waals surface area contributed by atoms with Crippen molar-refractivity contribution in [3.05, 3.63) is 113 Å². The zero-order valence-corrected chi connectivity index (χ0v) is 44.4. The number of carboxylic acid groups (broad SMARTS) is 1. The first kappa shape index (κ1) is 52.8. The van der Waals surface area contributed by atoms with Crippen molar-refractivity contribution in [1.29, 1.82) is 0 Å². The number of carbonyl (C=O) groups is 4. The third-order valence-electron chi connectivity index (χ3n) is 12.5. The third kappa shape index (κ3) is 11.4. The monoisotopic (exact) mass is 1030 g/mol. The van der Waals surface area contributed by atoms with Gasteiger partial charge in [-0.25, -0.2) is 14.6 Å². The molecule has 0 radical (unpaired) electrons. The van der Waals surface area contributed by atoms with Gasteiger partial charge >= 0.3 is 19.8 Å². The van der Waals surface area contributed by atoms with E-state index in [9.17, 15) is 34.0 Å². The molecule has 70 heavy (non-hydrogen) atoms. The summed E-state index contributed by atoms with van der Waals surface area (Å²) < 4.78 is 44.0. The van der Waals surface area contributed by atoms with Gasteiger partial charge in [-0.2, -0.15) is 4.57 Å². The van der Waals surface area contributed by atoms with Crippen LogP contribution in [0.25, 0.3) is 5.57 Å². The number of aromatic nitrogens is 1. The smallest absolute Gasteiger partial charge is 0.477 e. The van der Waals surface area contributed by atoms with E-state index in [1.807, 2.05) is 38.9 Å². The molecule has 0 spiro atoms. The molecule has 8 rings (SSSR count). The van der Waals surface area contributed by atoms with E-state index in [-0.39, 0.29) is 65.1 Å². The summed E-state index contributed by atoms with van der Waals surface area (Å²) in [5.41, 5.74) is 2.10. The maximum Gasteiger partial charge on any atom is 0.646 e. The molecule has 3 N–H and O–H groups in total. The first-order valence-corrected chi connectivity index (χ1v) is 30.1. The van der Waals surface area contributed by atoms with Gasteiger partial charge in [-0.15, -0.1) is 11.3 Å². The third-order valence-corrected chi connectivity index (χ3v) is 17.1. The van der Waals surface area contributed by atoms with Crippen molar-refractivity contribution in [2.24, 2.45) is 29.6 Å². The molecule has 376 valence electrons. The lowest BCUT2D eigenvalue weighted by Gasteiger charge is -2.48. The Morgan fingerprint density at radius 3 is 2.07 bits per heavy atom. The average Bonchev–Trinajstić information content (AvgIpc) is 3.92. The first-order chi connectivity index (χ1) is 33.1. The first-order valence-electron chi connectivity index (χ1n) is 23.5. The second-order valence-corrected chi connectivity index (χ2v) is 27.5. The molecule has 16 nitrogen and oxygen atoms in total. The van der Waals surface area contributed by atoms with Crippen LogP contribution < -0.4 is 14.4 Å². The van der Waals surface area contributed by atoms with Crippen LogP contribution in [0.5, 0.6) is 11.5 Å². The van der Waals surface area contributed by atoms with Gasteiger partial charge in [0, 0.05) is 28.2 Å². The highest BCUT2D eigenvalue weighted by atomic mass is 32.2. The van der Waals surface area contributed by atoms with E-state index in [0.29, 0.717) is 16.9 Å². The zero-order valence-electron chi connectivity index (χ0n) is 40.9. The number of nitrogens with zero attached hydrogens (tertiary/aromatic N) is 3. The number of β-lactam (4-membered cyclic amide) rings is 2. The number of para-hydroxylation sites is 2. The van der Waals surface area contributed by atoms with Crippen LogP contribution >= 0.6 is 30.9 Å². The van der Waals surface area contributed by atoms with E-state index in [2.05, 4.69) is 31.8 Å². The number of esters is 1. The quantitative estimate of drug-likeness (QED) is 0.0337. The fourth-order valence-electron chi connectivity index (χ4n) is 9.70. The largest absolute Gasteiger partial charge is 0.646 e. The number of aliphatic carboxylic acids is 1. The van der Waals surface area contributed by atoms with Crippen molar-refractivity contribution in [3.8, 4) is 11.5 Å². The Morgan fingerprint density at radius 2 is 1.51 bits per heavy atom. The summed E-state index contributed by atoms with van der Waals surface area (Å²) in [5, 5.41) is 25.4. The standard InChI is InChI=1S/C28H34NO8PSi.C22H29N3O4S2/c1-7-18-33-28(31)25-26(19(2)24-23(27(30)29(24)25)20(3)37-39(4,5)6)36-38(32,34-21-14-10-8-11-15-21)35-22-16-12-9-13-17-22;1-10(2)7-14-8-13(5-6-23-14)15-9-30-22(24-15)31-19-11(3)17-16(12(4)26)20(27)25(17)18(19)21(28)29/h7-17,19-20,23-24H,1,18H2,2-6H3;8-12,14,16-17,23,26H,5-7H2,1-4H3,(H,28,29)/t19-,20-,23-,24-;11-,12-,14+,16-,17-/m11/s1. The van der Waals surface area contributed by atoms with E-state index in [1.54, 1.807) is 74.5 Å². The van der Waals surface area contributed by atoms with Gasteiger partial charge in [0.1, 0.15) is 29.6 Å². The number of aliphatic hydroxyl groups is 1. The van der Waals surface area contributed by atoms with Crippen LogP contribution in [0, 0.1) is 29.6 Å². The van der Waals surface area contributed by atoms with Gasteiger partial charge in [0.05, 0.1) is 41.8 Å². The Hall–Kier alpha value is -5.01. The number of hydrogen-bond acceptors (Lipinski definition) is 15. The van der Waals surface area contributed by atoms with Crippen LogP contribution in [0.2, 0.25) is 19.6 Å². The molecule has 20 heteroatoms. The fourth-order valence-corrected chi connectivity index (χ4v) is 14.4. The van der Waals surface area contributed by atoms with Crippen LogP contribution in [0.1, 0.15) is 60.1 Å². The van der Waals surface area contributed by atoms with Gasteiger partial charge < -0.3 is 43.2 Å². The summed E-state index contributed by atoms with van der Waals surface area (Å²) in [6.07, 6.45) is 4.50. The van der Waals surface area contributed by atoms with Gasteiger partial charge in [-0.3, -0.25) is 14.5 Å². The number of ether oxygens (including phenoxy) is 1. The molecule has 9 atom stereocenters. The number of aliphatic hydroxyl groups excluding tert-OH is 1. The lowest BCUT2D eigenvalue weighted by Crippen LogP contribution is -2.64. The van der Waals surface area contributed by atoms with Gasteiger partial charge in [-0.1, -0.05) is 94.6 Å². The highest BCUT2D eigenvalue weighted by Crippen LogP contribution is 2.58. The number of hydrogen-bond donors (Lipinski definition) is 3. The number of thioether (sulfide) groups is 1. The maximum atomic E-state index is 14.2. The van der Waals surface area contributed by atoms with Gasteiger partial charge in [0.25, 0.3) is 0 Å². The zero-order chi connectivity index (χ0) is 50.8. The predicted molar refractivity (Wildman–Crippen MR) is 270 cm³/mol. The number of phosphoric ester groups is 1. The molecule has 0 bridgehead atoms. The second-order valence-electron chi connectivity index (χ2n) is 19.4. The Labute approximate surface area is 418 Å². The average molecular weight is 1040 g/mol. The molecule has 2 amide bonds. The molecular weight excluding hydrogens is 972 g/mol. The molecule has 1 aromatic heterocycles. The molecule has 2 aromatic carbocycles. The fraction of sp³-hybridized carbons (Fsp3) is 0.460. The molecule has 6 heterocycles. The molecule has 5 aliphatic heterocycles. The van der Waals surface area contributed by atoms with Crippen LogP contribution in [0.15, 0.2) is 111 Å². The molecule has 0 aliphatic carbocycles. The number of phosphoric acid groups is 1. The number of fused-ring (bicyclic) bond motifs is 2. The van der Waals surface area contributed by atoms with Crippen molar-refractivity contribution in [2.45, 2.75) is 109 Å². The number of nitrogens with one attached hydrogen (secondary N) is 1. The summed E-state index contributed by atoms with van der Waals surface area (Å²) >= 11 is 2.85. The molecular formula is C50H63N4O12PS2Si. The minimum absolute atomic E-state index is 0.000288. The van der Waals surface area contributed by atoms with Gasteiger partial charge in [-0.05, 0) is 88.6 Å².